The zero-order valence-corrected chi connectivity index (χ0v) is 16.6. The van der Waals surface area contributed by atoms with Crippen molar-refractivity contribution >= 4 is 17.7 Å². The van der Waals surface area contributed by atoms with Crippen LogP contribution in [0.3, 0.4) is 0 Å². The Balaban J connectivity index is 2.00. The lowest BCUT2D eigenvalue weighted by Crippen LogP contribution is -2.56. The van der Waals surface area contributed by atoms with Crippen LogP contribution in [0.25, 0.3) is 0 Å². The third kappa shape index (κ3) is 2.93. The number of unbranched alkanes of at least 4 members (excludes halogenated alkanes) is 1. The highest BCUT2D eigenvalue weighted by atomic mass is 16.5. The van der Waals surface area contributed by atoms with E-state index in [-0.39, 0.29) is 30.4 Å². The predicted octanol–water partition coefficient (Wildman–Crippen LogP) is -0.206. The molecule has 3 heterocycles. The number of ether oxygens (including phenoxy) is 1. The summed E-state index contributed by atoms with van der Waals surface area (Å²) in [7, 11) is 1.56. The summed E-state index contributed by atoms with van der Waals surface area (Å²) in [4.78, 5) is 40.7. The number of fused-ring (bicyclic) bond motifs is 1. The third-order valence-corrected chi connectivity index (χ3v) is 6.29. The number of carbonyl (C=O) groups excluding carboxylic acids is 3. The molecule has 5 atom stereocenters. The number of rotatable bonds is 7. The van der Waals surface area contributed by atoms with E-state index in [0.717, 1.165) is 0 Å². The van der Waals surface area contributed by atoms with Gasteiger partial charge >= 0.3 is 0 Å². The van der Waals surface area contributed by atoms with Crippen LogP contribution in [0.1, 0.15) is 46.5 Å². The Morgan fingerprint density at radius 1 is 1.30 bits per heavy atom. The smallest absolute Gasteiger partial charge is 0.246 e. The molecule has 3 aliphatic rings. The average Bonchev–Trinajstić information content (AvgIpc) is 3.15. The molecule has 8 nitrogen and oxygen atoms in total. The molecular weight excluding hydrogens is 350 g/mol. The van der Waals surface area contributed by atoms with E-state index in [2.05, 4.69) is 10.6 Å². The van der Waals surface area contributed by atoms with E-state index in [1.807, 2.05) is 20.8 Å². The minimum absolute atomic E-state index is 0.0366. The van der Waals surface area contributed by atoms with Crippen molar-refractivity contribution < 1.29 is 24.2 Å². The Morgan fingerprint density at radius 2 is 2.00 bits per heavy atom. The second-order valence-electron chi connectivity index (χ2n) is 8.47. The van der Waals surface area contributed by atoms with Gasteiger partial charge < -0.3 is 25.4 Å². The van der Waals surface area contributed by atoms with E-state index >= 15 is 0 Å². The Bertz CT molecular complexity index is 639. The average molecular weight is 381 g/mol. The molecule has 27 heavy (non-hydrogen) atoms. The van der Waals surface area contributed by atoms with Crippen LogP contribution >= 0.6 is 0 Å². The number of nitrogens with one attached hydrogen (secondary N) is 2. The summed E-state index contributed by atoms with van der Waals surface area (Å²) in [5.41, 5.74) is -1.69. The standard InChI is InChI=1S/C19H31N3O5/c1-11(2)21-16(25)14-19-8-7-18(3,27-19)12(15(24)20-4)13(19)17(26)22(14)9-5-6-10-23/h11-14,23H,5-10H2,1-4H3,(H,20,24)(H,21,25)/t12-,13+,14?,18+,19?/m1/s1. The maximum absolute atomic E-state index is 13.4. The van der Waals surface area contributed by atoms with Gasteiger partial charge in [-0.2, -0.15) is 0 Å². The van der Waals surface area contributed by atoms with E-state index in [1.165, 1.54) is 0 Å². The van der Waals surface area contributed by atoms with Crippen LogP contribution in [0, 0.1) is 11.8 Å². The molecule has 152 valence electrons. The molecule has 0 aromatic carbocycles. The first-order chi connectivity index (χ1) is 12.7. The molecule has 8 heteroatoms. The van der Waals surface area contributed by atoms with Crippen LogP contribution in [0.15, 0.2) is 0 Å². The Morgan fingerprint density at radius 3 is 2.59 bits per heavy atom. The van der Waals surface area contributed by atoms with E-state index < -0.39 is 29.1 Å². The van der Waals surface area contributed by atoms with Crippen molar-refractivity contribution in [1.82, 2.24) is 15.5 Å². The molecule has 2 unspecified atom stereocenters. The topological polar surface area (TPSA) is 108 Å². The number of hydrogen-bond acceptors (Lipinski definition) is 5. The van der Waals surface area contributed by atoms with Gasteiger partial charge in [0.15, 0.2) is 0 Å². The zero-order valence-electron chi connectivity index (χ0n) is 16.6. The fraction of sp³-hybridized carbons (Fsp3) is 0.842. The molecule has 0 saturated carbocycles. The molecule has 0 aliphatic carbocycles. The Labute approximate surface area is 160 Å². The van der Waals surface area contributed by atoms with E-state index in [9.17, 15) is 14.4 Å². The summed E-state index contributed by atoms with van der Waals surface area (Å²) >= 11 is 0. The van der Waals surface area contributed by atoms with Crippen molar-refractivity contribution in [3.8, 4) is 0 Å². The monoisotopic (exact) mass is 381 g/mol. The Hall–Kier alpha value is -1.67. The molecular formula is C19H31N3O5. The van der Waals surface area contributed by atoms with Gasteiger partial charge in [-0.3, -0.25) is 14.4 Å². The summed E-state index contributed by atoms with van der Waals surface area (Å²) in [6.45, 7) is 6.03. The molecule has 0 aromatic heterocycles. The minimum Gasteiger partial charge on any atom is -0.396 e. The van der Waals surface area contributed by atoms with Crippen LogP contribution in [0.4, 0.5) is 0 Å². The van der Waals surface area contributed by atoms with Gasteiger partial charge in [-0.25, -0.2) is 0 Å². The van der Waals surface area contributed by atoms with E-state index in [1.54, 1.807) is 11.9 Å². The molecule has 3 saturated heterocycles. The highest BCUT2D eigenvalue weighted by Crippen LogP contribution is 2.63. The van der Waals surface area contributed by atoms with Crippen LogP contribution in [-0.4, -0.2) is 71.2 Å². The first-order valence-electron chi connectivity index (χ1n) is 9.85. The SMILES string of the molecule is CNC(=O)[C@H]1[C@H]2C(=O)N(CCCCO)C(C(=O)NC(C)C)C23CC[C@]1(C)O3. The molecule has 3 N–H and O–H groups in total. The summed E-state index contributed by atoms with van der Waals surface area (Å²) in [5, 5.41) is 14.7. The number of amides is 3. The van der Waals surface area contributed by atoms with Crippen LogP contribution < -0.4 is 10.6 Å². The maximum atomic E-state index is 13.4. The largest absolute Gasteiger partial charge is 0.396 e. The predicted molar refractivity (Wildman–Crippen MR) is 97.6 cm³/mol. The lowest BCUT2D eigenvalue weighted by atomic mass is 9.66. The van der Waals surface area contributed by atoms with Crippen LogP contribution in [0.2, 0.25) is 0 Å². The normalized spacial score (nSPS) is 37.0. The molecule has 1 spiro atoms. The molecule has 3 amide bonds. The minimum atomic E-state index is -0.957. The van der Waals surface area contributed by atoms with Crippen molar-refractivity contribution in [1.29, 1.82) is 0 Å². The number of aliphatic hydroxyl groups excluding tert-OH is 1. The second-order valence-corrected chi connectivity index (χ2v) is 8.47. The van der Waals surface area contributed by atoms with Gasteiger partial charge in [0, 0.05) is 26.2 Å². The van der Waals surface area contributed by atoms with E-state index in [0.29, 0.717) is 32.2 Å². The molecule has 3 rings (SSSR count). The van der Waals surface area contributed by atoms with Gasteiger partial charge in [0.2, 0.25) is 17.7 Å². The molecule has 3 fully saturated rings. The first kappa shape index (κ1) is 20.1. The van der Waals surface area contributed by atoms with Crippen LogP contribution in [0.5, 0.6) is 0 Å². The molecule has 0 radical (unpaired) electrons. The number of nitrogens with zero attached hydrogens (tertiary/aromatic N) is 1. The summed E-state index contributed by atoms with van der Waals surface area (Å²) in [6, 6.07) is -0.807. The van der Waals surface area contributed by atoms with Crippen molar-refractivity contribution in [3.63, 3.8) is 0 Å². The number of likely N-dealkylation sites (tertiary alicyclic amines) is 1. The fourth-order valence-electron chi connectivity index (χ4n) is 5.28. The van der Waals surface area contributed by atoms with Gasteiger partial charge in [-0.15, -0.1) is 0 Å². The summed E-state index contributed by atoms with van der Waals surface area (Å²) < 4.78 is 6.40. The second kappa shape index (κ2) is 7.05. The molecule has 2 bridgehead atoms. The van der Waals surface area contributed by atoms with Crippen molar-refractivity contribution in [2.75, 3.05) is 20.2 Å². The zero-order chi connectivity index (χ0) is 20.0. The van der Waals surface area contributed by atoms with Gasteiger partial charge in [0.1, 0.15) is 11.6 Å². The van der Waals surface area contributed by atoms with Crippen molar-refractivity contribution in [2.45, 2.75) is 69.7 Å². The maximum Gasteiger partial charge on any atom is 0.246 e. The Kier molecular flexibility index (Phi) is 5.24. The lowest BCUT2D eigenvalue weighted by Gasteiger charge is -2.33. The number of carbonyl (C=O) groups is 3. The van der Waals surface area contributed by atoms with E-state index in [4.69, 9.17) is 9.84 Å². The van der Waals surface area contributed by atoms with Crippen LogP contribution in [-0.2, 0) is 19.1 Å². The van der Waals surface area contributed by atoms with Gasteiger partial charge in [0.05, 0.1) is 17.4 Å². The fourth-order valence-corrected chi connectivity index (χ4v) is 5.28. The highest BCUT2D eigenvalue weighted by molar-refractivity contribution is 5.99. The van der Waals surface area contributed by atoms with Crippen molar-refractivity contribution in [3.05, 3.63) is 0 Å². The quantitative estimate of drug-likeness (QED) is 0.529. The molecule has 0 aromatic rings. The third-order valence-electron chi connectivity index (χ3n) is 6.29. The molecule has 3 aliphatic heterocycles. The van der Waals surface area contributed by atoms with Gasteiger partial charge in [-0.1, -0.05) is 0 Å². The number of hydrogen-bond donors (Lipinski definition) is 3. The van der Waals surface area contributed by atoms with Crippen molar-refractivity contribution in [2.24, 2.45) is 11.8 Å². The summed E-state index contributed by atoms with van der Waals surface area (Å²) in [6.07, 6.45) is 2.38. The lowest BCUT2D eigenvalue weighted by molar-refractivity contribution is -0.146. The van der Waals surface area contributed by atoms with Gasteiger partial charge in [0.25, 0.3) is 0 Å². The summed E-state index contributed by atoms with van der Waals surface area (Å²) in [5.74, 6) is -1.87. The first-order valence-corrected chi connectivity index (χ1v) is 9.85. The number of aliphatic hydroxyl groups is 1. The highest BCUT2D eigenvalue weighted by Gasteiger charge is 2.77. The van der Waals surface area contributed by atoms with Gasteiger partial charge in [-0.05, 0) is 46.5 Å².